The molecule has 0 fully saturated rings. The molecule has 1 N–H and O–H groups in total. The summed E-state index contributed by atoms with van der Waals surface area (Å²) < 4.78 is 11.3. The topological polar surface area (TPSA) is 64.4 Å². The molecule has 4 aromatic rings. The van der Waals surface area contributed by atoms with Gasteiger partial charge in [-0.25, -0.2) is 4.98 Å². The van der Waals surface area contributed by atoms with Crippen LogP contribution >= 0.6 is 23.1 Å². The van der Waals surface area contributed by atoms with E-state index in [-0.39, 0.29) is 5.91 Å². The molecular formula is C21H18N2O3S2. The number of nitrogens with one attached hydrogen (secondary N) is 1. The lowest BCUT2D eigenvalue weighted by molar-refractivity contribution is 0.102. The van der Waals surface area contributed by atoms with Gasteiger partial charge < -0.3 is 9.15 Å². The van der Waals surface area contributed by atoms with Gasteiger partial charge in [0.1, 0.15) is 5.69 Å². The molecule has 2 aromatic heterocycles. The second kappa shape index (κ2) is 8.08. The third-order valence-electron chi connectivity index (χ3n) is 4.13. The Morgan fingerprint density at radius 3 is 2.82 bits per heavy atom. The first kappa shape index (κ1) is 18.6. The lowest BCUT2D eigenvalue weighted by atomic mass is 10.2. The second-order valence-electron chi connectivity index (χ2n) is 5.94. The van der Waals surface area contributed by atoms with Gasteiger partial charge in [0.15, 0.2) is 22.2 Å². The lowest BCUT2D eigenvalue weighted by Gasteiger charge is -2.03. The van der Waals surface area contributed by atoms with Gasteiger partial charge in [-0.2, -0.15) is 0 Å². The third-order valence-corrected chi connectivity index (χ3v) is 5.78. The van der Waals surface area contributed by atoms with Gasteiger partial charge in [0.2, 0.25) is 0 Å². The molecule has 0 aliphatic rings. The molecule has 0 saturated carbocycles. The number of carbonyl (C=O) groups excluding carboxylic acids is 1. The molecule has 0 saturated heterocycles. The van der Waals surface area contributed by atoms with E-state index in [0.29, 0.717) is 33.5 Å². The van der Waals surface area contributed by atoms with E-state index >= 15 is 0 Å². The van der Waals surface area contributed by atoms with E-state index < -0.39 is 0 Å². The van der Waals surface area contributed by atoms with Crippen molar-refractivity contribution in [1.82, 2.24) is 4.98 Å². The van der Waals surface area contributed by atoms with Crippen molar-refractivity contribution >= 4 is 45.1 Å². The molecule has 0 spiro atoms. The molecule has 142 valence electrons. The number of anilines is 1. The van der Waals surface area contributed by atoms with Crippen LogP contribution in [-0.4, -0.2) is 23.8 Å². The molecule has 0 atom stereocenters. The van der Waals surface area contributed by atoms with E-state index in [1.54, 1.807) is 18.9 Å². The highest BCUT2D eigenvalue weighted by molar-refractivity contribution is 7.99. The zero-order chi connectivity index (χ0) is 19.5. The molecule has 0 aliphatic heterocycles. The molecular weight excluding hydrogens is 392 g/mol. The highest BCUT2D eigenvalue weighted by atomic mass is 32.2. The zero-order valence-electron chi connectivity index (χ0n) is 15.4. The Morgan fingerprint density at radius 1 is 1.25 bits per heavy atom. The number of ether oxygens (including phenoxy) is 1. The maximum absolute atomic E-state index is 12.5. The summed E-state index contributed by atoms with van der Waals surface area (Å²) in [5, 5.41) is 6.18. The van der Waals surface area contributed by atoms with Crippen LogP contribution in [0.1, 0.15) is 17.3 Å². The van der Waals surface area contributed by atoms with Crippen molar-refractivity contribution in [3.05, 3.63) is 59.5 Å². The average molecular weight is 411 g/mol. The van der Waals surface area contributed by atoms with Gasteiger partial charge in [-0.3, -0.25) is 10.1 Å². The Hall–Kier alpha value is -2.77. The Morgan fingerprint density at radius 2 is 2.07 bits per heavy atom. The highest BCUT2D eigenvalue weighted by Gasteiger charge is 2.14. The fraction of sp³-hybridized carbons (Fsp3) is 0.143. The second-order valence-corrected chi connectivity index (χ2v) is 8.13. The number of benzene rings is 2. The van der Waals surface area contributed by atoms with Crippen LogP contribution < -0.4 is 10.1 Å². The first-order valence-electron chi connectivity index (χ1n) is 8.74. The molecule has 0 unspecified atom stereocenters. The van der Waals surface area contributed by atoms with Crippen molar-refractivity contribution in [2.45, 2.75) is 11.8 Å². The minimum absolute atomic E-state index is 0.180. The number of rotatable bonds is 6. The molecule has 2 aromatic carbocycles. The molecule has 28 heavy (non-hydrogen) atoms. The van der Waals surface area contributed by atoms with Crippen LogP contribution in [0.2, 0.25) is 0 Å². The summed E-state index contributed by atoms with van der Waals surface area (Å²) in [5.74, 6) is 2.13. The maximum Gasteiger partial charge on any atom is 0.257 e. The molecule has 0 radical (unpaired) electrons. The van der Waals surface area contributed by atoms with Crippen LogP contribution in [-0.2, 0) is 0 Å². The average Bonchev–Trinajstić information content (AvgIpc) is 3.35. The number of thiazole rings is 1. The number of carbonyl (C=O) groups is 1. The van der Waals surface area contributed by atoms with Gasteiger partial charge >= 0.3 is 0 Å². The first-order chi connectivity index (χ1) is 13.7. The number of nitrogens with zero attached hydrogens (tertiary/aromatic N) is 1. The summed E-state index contributed by atoms with van der Waals surface area (Å²) in [6.07, 6.45) is 0. The van der Waals surface area contributed by atoms with E-state index in [1.807, 2.05) is 53.9 Å². The number of hydrogen-bond donors (Lipinski definition) is 1. The lowest BCUT2D eigenvalue weighted by Crippen LogP contribution is -2.11. The third kappa shape index (κ3) is 3.76. The van der Waals surface area contributed by atoms with Crippen LogP contribution in [0.25, 0.3) is 22.4 Å². The summed E-state index contributed by atoms with van der Waals surface area (Å²) in [4.78, 5) is 18.1. The van der Waals surface area contributed by atoms with Crippen molar-refractivity contribution in [3.63, 3.8) is 0 Å². The fourth-order valence-corrected chi connectivity index (χ4v) is 4.16. The summed E-state index contributed by atoms with van der Waals surface area (Å²) >= 11 is 3.10. The molecule has 1 amide bonds. The number of furan rings is 1. The number of aromatic nitrogens is 1. The molecule has 5 nitrogen and oxygen atoms in total. The number of fused-ring (bicyclic) bond motifs is 1. The van der Waals surface area contributed by atoms with Gasteiger partial charge in [-0.15, -0.1) is 23.1 Å². The summed E-state index contributed by atoms with van der Waals surface area (Å²) in [6, 6.07) is 15.2. The standard InChI is InChI=1S/C21H18N2O3S2/c1-3-27-15-9-7-13(8-10-15)20(24)23-21-22-16(12-28-21)18-11-14-5-4-6-17(25-2)19(14)26-18/h4-12H,3H2,1-2H3,(H,22,23,24). The summed E-state index contributed by atoms with van der Waals surface area (Å²) in [5.41, 5.74) is 1.96. The number of hydrogen-bond acceptors (Lipinski definition) is 6. The Balaban J connectivity index is 1.52. The normalized spacial score (nSPS) is 10.9. The number of amides is 1. The summed E-state index contributed by atoms with van der Waals surface area (Å²) in [6.45, 7) is 2.10. The van der Waals surface area contributed by atoms with Crippen molar-refractivity contribution in [2.75, 3.05) is 18.2 Å². The van der Waals surface area contributed by atoms with Gasteiger partial charge in [-0.05, 0) is 42.2 Å². The Bertz CT molecular complexity index is 1120. The maximum atomic E-state index is 12.5. The SMILES string of the molecule is CCSc1ccc(C(=O)Nc2nc(-c3cc4cccc(OC)c4o3)cs2)cc1. The van der Waals surface area contributed by atoms with Crippen molar-refractivity contribution in [2.24, 2.45) is 0 Å². The molecule has 0 bridgehead atoms. The molecule has 2 heterocycles. The van der Waals surface area contributed by atoms with E-state index in [4.69, 9.17) is 9.15 Å². The number of thioether (sulfide) groups is 1. The van der Waals surface area contributed by atoms with E-state index in [2.05, 4.69) is 17.2 Å². The fourth-order valence-electron chi connectivity index (χ4n) is 2.81. The van der Waals surface area contributed by atoms with Crippen LogP contribution in [0.4, 0.5) is 5.13 Å². The first-order valence-corrected chi connectivity index (χ1v) is 10.6. The highest BCUT2D eigenvalue weighted by Crippen LogP contribution is 2.34. The van der Waals surface area contributed by atoms with Crippen molar-refractivity contribution in [3.8, 4) is 17.2 Å². The smallest absolute Gasteiger partial charge is 0.257 e. The van der Waals surface area contributed by atoms with Gasteiger partial charge in [0.05, 0.1) is 7.11 Å². The van der Waals surface area contributed by atoms with Gasteiger partial charge in [0, 0.05) is 21.2 Å². The van der Waals surface area contributed by atoms with Crippen LogP contribution in [0, 0.1) is 0 Å². The van der Waals surface area contributed by atoms with Crippen molar-refractivity contribution < 1.29 is 13.9 Å². The molecule has 7 heteroatoms. The van der Waals surface area contributed by atoms with Crippen LogP contribution in [0.5, 0.6) is 5.75 Å². The monoisotopic (exact) mass is 410 g/mol. The van der Waals surface area contributed by atoms with Crippen LogP contribution in [0.3, 0.4) is 0 Å². The molecule has 4 rings (SSSR count). The summed E-state index contributed by atoms with van der Waals surface area (Å²) in [7, 11) is 1.61. The minimum Gasteiger partial charge on any atom is -0.493 e. The predicted molar refractivity (Wildman–Crippen MR) is 115 cm³/mol. The van der Waals surface area contributed by atoms with E-state index in [1.165, 1.54) is 11.3 Å². The predicted octanol–water partition coefficient (Wildman–Crippen LogP) is 5.93. The van der Waals surface area contributed by atoms with E-state index in [0.717, 1.165) is 16.0 Å². The minimum atomic E-state index is -0.180. The van der Waals surface area contributed by atoms with Gasteiger partial charge in [0.25, 0.3) is 5.91 Å². The Kier molecular flexibility index (Phi) is 5.36. The van der Waals surface area contributed by atoms with Gasteiger partial charge in [-0.1, -0.05) is 19.1 Å². The van der Waals surface area contributed by atoms with Crippen LogP contribution in [0.15, 0.2) is 63.2 Å². The zero-order valence-corrected chi connectivity index (χ0v) is 17.0. The number of para-hydroxylation sites is 1. The number of methoxy groups -OCH3 is 1. The molecule has 0 aliphatic carbocycles. The quantitative estimate of drug-likeness (QED) is 0.399. The Labute approximate surface area is 170 Å². The largest absolute Gasteiger partial charge is 0.493 e. The van der Waals surface area contributed by atoms with Crippen molar-refractivity contribution in [1.29, 1.82) is 0 Å². The van der Waals surface area contributed by atoms with E-state index in [9.17, 15) is 4.79 Å².